The molecule has 1 aromatic heterocycles. The number of Topliss-reactive ketones (excluding diaryl/α,β-unsaturated/α-hetero) is 1. The Morgan fingerprint density at radius 2 is 1.52 bits per heavy atom. The summed E-state index contributed by atoms with van der Waals surface area (Å²) in [5.41, 5.74) is 1.60. The highest BCUT2D eigenvalue weighted by atomic mass is 16.3. The van der Waals surface area contributed by atoms with Crippen molar-refractivity contribution in [1.82, 2.24) is 0 Å². The number of allylic oxidation sites excluding steroid dienone is 1. The van der Waals surface area contributed by atoms with Gasteiger partial charge in [0.15, 0.2) is 0 Å². The summed E-state index contributed by atoms with van der Waals surface area (Å²) < 4.78 is 5.19. The lowest BCUT2D eigenvalue weighted by Gasteiger charge is -2.04. The van der Waals surface area contributed by atoms with E-state index in [1.54, 1.807) is 36.6 Å². The molecule has 3 rings (SSSR count). The second-order valence-electron chi connectivity index (χ2n) is 5.15. The van der Waals surface area contributed by atoms with Gasteiger partial charge in [0.25, 0.3) is 0 Å². The van der Waals surface area contributed by atoms with Crippen molar-refractivity contribution in [2.24, 2.45) is 10.2 Å². The highest BCUT2D eigenvalue weighted by Crippen LogP contribution is 2.09. The molecule has 0 unspecified atom stereocenters. The Balaban J connectivity index is 1.85. The molecular formula is C21H16N2O2. The minimum atomic E-state index is -0.168. The van der Waals surface area contributed by atoms with Crippen LogP contribution < -0.4 is 0 Å². The predicted octanol–water partition coefficient (Wildman–Crippen LogP) is 4.65. The third kappa shape index (κ3) is 4.48. The second kappa shape index (κ2) is 8.36. The Labute approximate surface area is 145 Å². The van der Waals surface area contributed by atoms with E-state index in [0.29, 0.717) is 11.3 Å². The molecule has 0 aliphatic rings. The van der Waals surface area contributed by atoms with Crippen molar-refractivity contribution >= 4 is 23.8 Å². The van der Waals surface area contributed by atoms with Gasteiger partial charge in [-0.3, -0.25) is 4.79 Å². The Hall–Kier alpha value is -3.53. The van der Waals surface area contributed by atoms with Crippen LogP contribution >= 0.6 is 0 Å². The number of nitrogens with zero attached hydrogens (tertiary/aromatic N) is 2. The third-order valence-corrected chi connectivity index (χ3v) is 3.41. The van der Waals surface area contributed by atoms with Gasteiger partial charge < -0.3 is 4.42 Å². The molecule has 0 spiro atoms. The van der Waals surface area contributed by atoms with Gasteiger partial charge in [-0.05, 0) is 24.3 Å². The van der Waals surface area contributed by atoms with Gasteiger partial charge >= 0.3 is 0 Å². The molecule has 0 N–H and O–H groups in total. The predicted molar refractivity (Wildman–Crippen MR) is 100.0 cm³/mol. The van der Waals surface area contributed by atoms with E-state index < -0.39 is 0 Å². The average molecular weight is 328 g/mol. The lowest BCUT2D eigenvalue weighted by Crippen LogP contribution is -2.15. The fourth-order valence-corrected chi connectivity index (χ4v) is 2.21. The molecule has 4 nitrogen and oxygen atoms in total. The first-order valence-corrected chi connectivity index (χ1v) is 7.81. The standard InChI is InChI=1S/C21H16N2O2/c24-21(18-11-5-2-6-12-18)20(17-9-3-1-4-10-17)23-22-15-7-13-19-14-8-16-25-19/h1-16H/b13-7+,22-15+,23-20+. The molecule has 0 atom stereocenters. The summed E-state index contributed by atoms with van der Waals surface area (Å²) in [7, 11) is 0. The van der Waals surface area contributed by atoms with Crippen LogP contribution in [0.3, 0.4) is 0 Å². The summed E-state index contributed by atoms with van der Waals surface area (Å²) in [6, 6.07) is 22.0. The summed E-state index contributed by atoms with van der Waals surface area (Å²) in [5.74, 6) is 0.554. The molecule has 0 amide bonds. The van der Waals surface area contributed by atoms with Gasteiger partial charge in [-0.25, -0.2) is 0 Å². The Morgan fingerprint density at radius 1 is 0.840 bits per heavy atom. The number of hydrogen-bond donors (Lipinski definition) is 0. The van der Waals surface area contributed by atoms with Gasteiger partial charge in [0.05, 0.1) is 6.26 Å². The normalized spacial score (nSPS) is 12.1. The van der Waals surface area contributed by atoms with E-state index in [4.69, 9.17) is 4.42 Å². The summed E-state index contributed by atoms with van der Waals surface area (Å²) >= 11 is 0. The topological polar surface area (TPSA) is 54.9 Å². The van der Waals surface area contributed by atoms with Crippen molar-refractivity contribution in [2.75, 3.05) is 0 Å². The van der Waals surface area contributed by atoms with Crippen LogP contribution in [0, 0.1) is 0 Å². The third-order valence-electron chi connectivity index (χ3n) is 3.41. The van der Waals surface area contributed by atoms with E-state index in [0.717, 1.165) is 11.3 Å². The highest BCUT2D eigenvalue weighted by molar-refractivity contribution is 6.51. The summed E-state index contributed by atoms with van der Waals surface area (Å²) in [6.45, 7) is 0. The molecular weight excluding hydrogens is 312 g/mol. The minimum absolute atomic E-state index is 0.168. The number of carbonyl (C=O) groups is 1. The molecule has 122 valence electrons. The van der Waals surface area contributed by atoms with Gasteiger partial charge in [-0.15, -0.1) is 5.10 Å². The zero-order valence-electron chi connectivity index (χ0n) is 13.4. The van der Waals surface area contributed by atoms with E-state index >= 15 is 0 Å². The number of hydrogen-bond acceptors (Lipinski definition) is 4. The lowest BCUT2D eigenvalue weighted by molar-refractivity contribution is 0.106. The fourth-order valence-electron chi connectivity index (χ4n) is 2.21. The van der Waals surface area contributed by atoms with Crippen molar-refractivity contribution in [2.45, 2.75) is 0 Å². The van der Waals surface area contributed by atoms with Crippen molar-refractivity contribution in [3.8, 4) is 0 Å². The molecule has 25 heavy (non-hydrogen) atoms. The highest BCUT2D eigenvalue weighted by Gasteiger charge is 2.15. The monoisotopic (exact) mass is 328 g/mol. The van der Waals surface area contributed by atoms with E-state index in [2.05, 4.69) is 10.2 Å². The molecule has 3 aromatic rings. The van der Waals surface area contributed by atoms with Crippen LogP contribution in [0.2, 0.25) is 0 Å². The fraction of sp³-hybridized carbons (Fsp3) is 0. The molecule has 0 aliphatic carbocycles. The number of benzene rings is 2. The van der Waals surface area contributed by atoms with Gasteiger partial charge in [0.1, 0.15) is 11.5 Å². The molecule has 0 bridgehead atoms. The quantitative estimate of drug-likeness (QED) is 0.376. The summed E-state index contributed by atoms with van der Waals surface area (Å²) in [5, 5.41) is 8.15. The van der Waals surface area contributed by atoms with Crippen LogP contribution in [0.4, 0.5) is 0 Å². The van der Waals surface area contributed by atoms with Gasteiger partial charge in [-0.2, -0.15) is 5.10 Å². The Bertz CT molecular complexity index is 894. The molecule has 0 saturated heterocycles. The van der Waals surface area contributed by atoms with E-state index in [1.807, 2.05) is 54.6 Å². The van der Waals surface area contributed by atoms with E-state index in [9.17, 15) is 4.79 Å². The smallest absolute Gasteiger partial charge is 0.213 e. The second-order valence-corrected chi connectivity index (χ2v) is 5.15. The molecule has 4 heteroatoms. The van der Waals surface area contributed by atoms with Gasteiger partial charge in [-0.1, -0.05) is 60.7 Å². The molecule has 0 aliphatic heterocycles. The maximum Gasteiger partial charge on any atom is 0.213 e. The SMILES string of the molecule is O=C(/C(=N/N=C/C=C/c1ccco1)c1ccccc1)c1ccccc1. The summed E-state index contributed by atoms with van der Waals surface area (Å²) in [4.78, 5) is 12.8. The van der Waals surface area contributed by atoms with Crippen LogP contribution in [0.5, 0.6) is 0 Å². The zero-order chi connectivity index (χ0) is 17.3. The molecule has 0 fully saturated rings. The van der Waals surface area contributed by atoms with Gasteiger partial charge in [0.2, 0.25) is 5.78 Å². The number of ketones is 1. The molecule has 1 heterocycles. The zero-order valence-corrected chi connectivity index (χ0v) is 13.4. The van der Waals surface area contributed by atoms with Crippen molar-refractivity contribution in [3.63, 3.8) is 0 Å². The van der Waals surface area contributed by atoms with Crippen LogP contribution in [-0.2, 0) is 0 Å². The number of rotatable bonds is 6. The van der Waals surface area contributed by atoms with E-state index in [-0.39, 0.29) is 5.78 Å². The van der Waals surface area contributed by atoms with Crippen molar-refractivity contribution < 1.29 is 9.21 Å². The van der Waals surface area contributed by atoms with Crippen LogP contribution in [0.15, 0.2) is 99.8 Å². The lowest BCUT2D eigenvalue weighted by atomic mass is 10.0. The van der Waals surface area contributed by atoms with Crippen LogP contribution in [0.1, 0.15) is 21.7 Å². The first kappa shape index (κ1) is 16.3. The molecule has 0 radical (unpaired) electrons. The minimum Gasteiger partial charge on any atom is -0.465 e. The maximum absolute atomic E-state index is 12.8. The number of carbonyl (C=O) groups excluding carboxylic acids is 1. The van der Waals surface area contributed by atoms with Gasteiger partial charge in [0, 0.05) is 17.3 Å². The molecule has 2 aromatic carbocycles. The van der Waals surface area contributed by atoms with E-state index in [1.165, 1.54) is 6.21 Å². The summed E-state index contributed by atoms with van der Waals surface area (Å²) in [6.07, 6.45) is 6.59. The van der Waals surface area contributed by atoms with Crippen LogP contribution in [0.25, 0.3) is 6.08 Å². The van der Waals surface area contributed by atoms with Crippen LogP contribution in [-0.4, -0.2) is 17.7 Å². The van der Waals surface area contributed by atoms with Crippen molar-refractivity contribution in [1.29, 1.82) is 0 Å². The number of furan rings is 1. The first-order chi connectivity index (χ1) is 12.3. The van der Waals surface area contributed by atoms with Crippen molar-refractivity contribution in [3.05, 3.63) is 102 Å². The largest absolute Gasteiger partial charge is 0.465 e. The maximum atomic E-state index is 12.8. The molecule has 0 saturated carbocycles. The first-order valence-electron chi connectivity index (χ1n) is 7.81. The average Bonchev–Trinajstić information content (AvgIpc) is 3.19. The Morgan fingerprint density at radius 3 is 2.16 bits per heavy atom. The Kier molecular flexibility index (Phi) is 5.46.